The van der Waals surface area contributed by atoms with Crippen molar-refractivity contribution in [3.05, 3.63) is 20.7 Å². The van der Waals surface area contributed by atoms with Crippen molar-refractivity contribution in [3.63, 3.8) is 0 Å². The number of H-pyrrole nitrogens is 1. The molecule has 2 unspecified atom stereocenters. The van der Waals surface area contributed by atoms with Crippen molar-refractivity contribution < 1.29 is 14.7 Å². The van der Waals surface area contributed by atoms with Crippen molar-refractivity contribution in [1.82, 2.24) is 10.3 Å². The lowest BCUT2D eigenvalue weighted by Crippen LogP contribution is -2.35. The first kappa shape index (κ1) is 13.4. The molecule has 1 amide bonds. The van der Waals surface area contributed by atoms with Gasteiger partial charge in [-0.05, 0) is 0 Å². The highest BCUT2D eigenvalue weighted by molar-refractivity contribution is 7.07. The summed E-state index contributed by atoms with van der Waals surface area (Å²) in [5, 5.41) is 13.0. The van der Waals surface area contributed by atoms with Gasteiger partial charge in [-0.1, -0.05) is 25.2 Å². The van der Waals surface area contributed by atoms with E-state index in [1.165, 1.54) is 6.92 Å². The molecule has 1 rings (SSSR count). The molecule has 0 bridgehead atoms. The highest BCUT2D eigenvalue weighted by Gasteiger charge is 2.25. The molecule has 6 nitrogen and oxygen atoms in total. The van der Waals surface area contributed by atoms with E-state index in [0.29, 0.717) is 5.69 Å². The minimum Gasteiger partial charge on any atom is -0.481 e. The summed E-state index contributed by atoms with van der Waals surface area (Å²) in [4.78, 5) is 35.5. The van der Waals surface area contributed by atoms with Crippen molar-refractivity contribution >= 4 is 23.2 Å². The van der Waals surface area contributed by atoms with Crippen molar-refractivity contribution in [2.45, 2.75) is 20.4 Å². The first-order valence-electron chi connectivity index (χ1n) is 5.09. The molecule has 2 atom stereocenters. The van der Waals surface area contributed by atoms with Gasteiger partial charge in [0.05, 0.1) is 12.5 Å². The number of aromatic nitrogens is 1. The van der Waals surface area contributed by atoms with Gasteiger partial charge in [0.15, 0.2) is 0 Å². The standard InChI is InChI=1S/C10H14N2O4S/c1-5(6(2)9(14)15)8(13)11-3-7-4-17-10(16)12-7/h4-6H,3H2,1-2H3,(H,11,13)(H,12,16)(H,14,15). The summed E-state index contributed by atoms with van der Waals surface area (Å²) in [6, 6.07) is 0. The van der Waals surface area contributed by atoms with Crippen LogP contribution in [0.3, 0.4) is 0 Å². The summed E-state index contributed by atoms with van der Waals surface area (Å²) in [5.74, 6) is -2.70. The van der Waals surface area contributed by atoms with Crippen LogP contribution in [0.15, 0.2) is 10.2 Å². The number of rotatable bonds is 5. The second-order valence-corrected chi connectivity index (χ2v) is 4.65. The molecule has 0 aliphatic carbocycles. The van der Waals surface area contributed by atoms with Gasteiger partial charge in [-0.3, -0.25) is 14.4 Å². The lowest BCUT2D eigenvalue weighted by molar-refractivity contribution is -0.146. The number of thiazole rings is 1. The summed E-state index contributed by atoms with van der Waals surface area (Å²) < 4.78 is 0. The fourth-order valence-corrected chi connectivity index (χ4v) is 1.77. The molecule has 17 heavy (non-hydrogen) atoms. The predicted molar refractivity (Wildman–Crippen MR) is 62.8 cm³/mol. The molecule has 7 heteroatoms. The molecule has 1 heterocycles. The number of nitrogens with one attached hydrogen (secondary N) is 2. The topological polar surface area (TPSA) is 99.3 Å². The number of aliphatic carboxylic acids is 1. The van der Waals surface area contributed by atoms with Crippen molar-refractivity contribution in [3.8, 4) is 0 Å². The van der Waals surface area contributed by atoms with E-state index in [1.807, 2.05) is 0 Å². The molecule has 0 aliphatic heterocycles. The maximum Gasteiger partial charge on any atom is 0.307 e. The van der Waals surface area contributed by atoms with Gasteiger partial charge in [-0.2, -0.15) is 0 Å². The van der Waals surface area contributed by atoms with Crippen LogP contribution in [0, 0.1) is 11.8 Å². The summed E-state index contributed by atoms with van der Waals surface area (Å²) in [6.45, 7) is 3.25. The maximum atomic E-state index is 11.6. The number of carbonyl (C=O) groups is 2. The molecule has 0 aromatic carbocycles. The lowest BCUT2D eigenvalue weighted by Gasteiger charge is -2.15. The Morgan fingerprint density at radius 3 is 2.59 bits per heavy atom. The third-order valence-electron chi connectivity index (χ3n) is 2.58. The highest BCUT2D eigenvalue weighted by atomic mass is 32.1. The largest absolute Gasteiger partial charge is 0.481 e. The zero-order valence-electron chi connectivity index (χ0n) is 9.52. The first-order valence-corrected chi connectivity index (χ1v) is 5.97. The predicted octanol–water partition coefficient (Wildman–Crippen LogP) is 0.409. The van der Waals surface area contributed by atoms with Crippen LogP contribution in [0.1, 0.15) is 19.5 Å². The number of hydrogen-bond donors (Lipinski definition) is 3. The summed E-state index contributed by atoms with van der Waals surface area (Å²) in [5.41, 5.74) is 0.614. The Labute approximate surface area is 102 Å². The minimum absolute atomic E-state index is 0.179. The number of carbonyl (C=O) groups excluding carboxylic acids is 1. The number of hydrogen-bond acceptors (Lipinski definition) is 4. The Balaban J connectivity index is 2.49. The minimum atomic E-state index is -1.00. The SMILES string of the molecule is CC(C(=O)O)C(C)C(=O)NCc1csc(=O)[nH]1. The Hall–Kier alpha value is -1.63. The van der Waals surface area contributed by atoms with Crippen LogP contribution < -0.4 is 10.2 Å². The molecule has 94 valence electrons. The third-order valence-corrected chi connectivity index (χ3v) is 3.30. The average molecular weight is 258 g/mol. The molecule has 1 aromatic heterocycles. The van der Waals surface area contributed by atoms with Gasteiger partial charge in [0, 0.05) is 17.0 Å². The van der Waals surface area contributed by atoms with Crippen LogP contribution in [-0.2, 0) is 16.1 Å². The van der Waals surface area contributed by atoms with E-state index in [0.717, 1.165) is 11.3 Å². The molecule has 0 aliphatic rings. The van der Waals surface area contributed by atoms with Crippen LogP contribution in [0.25, 0.3) is 0 Å². The maximum absolute atomic E-state index is 11.6. The second kappa shape index (κ2) is 5.62. The fourth-order valence-electron chi connectivity index (χ4n) is 1.18. The van der Waals surface area contributed by atoms with Crippen molar-refractivity contribution in [2.24, 2.45) is 11.8 Å². The number of aromatic amines is 1. The molecule has 0 spiro atoms. The van der Waals surface area contributed by atoms with Crippen molar-refractivity contribution in [1.29, 1.82) is 0 Å². The van der Waals surface area contributed by atoms with Crippen LogP contribution >= 0.6 is 11.3 Å². The van der Waals surface area contributed by atoms with Crippen LogP contribution in [0.4, 0.5) is 0 Å². The van der Waals surface area contributed by atoms with Gasteiger partial charge >= 0.3 is 10.8 Å². The molecule has 0 radical (unpaired) electrons. The number of carboxylic acids is 1. The van der Waals surface area contributed by atoms with E-state index in [4.69, 9.17) is 5.11 Å². The zero-order valence-corrected chi connectivity index (χ0v) is 10.3. The van der Waals surface area contributed by atoms with E-state index in [9.17, 15) is 14.4 Å². The van der Waals surface area contributed by atoms with Gasteiger partial charge in [0.1, 0.15) is 0 Å². The normalized spacial score (nSPS) is 14.0. The second-order valence-electron chi connectivity index (χ2n) is 3.81. The third kappa shape index (κ3) is 3.70. The van der Waals surface area contributed by atoms with Crippen LogP contribution in [0.5, 0.6) is 0 Å². The van der Waals surface area contributed by atoms with Gasteiger partial charge < -0.3 is 15.4 Å². The quantitative estimate of drug-likeness (QED) is 0.712. The van der Waals surface area contributed by atoms with E-state index in [1.54, 1.807) is 12.3 Å². The molecule has 0 fully saturated rings. The molecule has 3 N–H and O–H groups in total. The van der Waals surface area contributed by atoms with Crippen LogP contribution in [-0.4, -0.2) is 22.0 Å². The van der Waals surface area contributed by atoms with Gasteiger partial charge in [0.2, 0.25) is 5.91 Å². The van der Waals surface area contributed by atoms with E-state index in [2.05, 4.69) is 10.3 Å². The molecular formula is C10H14N2O4S. The zero-order chi connectivity index (χ0) is 13.0. The van der Waals surface area contributed by atoms with Crippen LogP contribution in [0.2, 0.25) is 0 Å². The molecular weight excluding hydrogens is 244 g/mol. The Kier molecular flexibility index (Phi) is 4.45. The molecule has 0 saturated heterocycles. The van der Waals surface area contributed by atoms with Gasteiger partial charge in [0.25, 0.3) is 0 Å². The van der Waals surface area contributed by atoms with Gasteiger partial charge in [-0.25, -0.2) is 0 Å². The average Bonchev–Trinajstić information content (AvgIpc) is 2.69. The Morgan fingerprint density at radius 2 is 2.12 bits per heavy atom. The summed E-state index contributed by atoms with van der Waals surface area (Å²) >= 11 is 1.02. The highest BCUT2D eigenvalue weighted by Crippen LogP contribution is 2.11. The van der Waals surface area contributed by atoms with Gasteiger partial charge in [-0.15, -0.1) is 0 Å². The number of carboxylic acid groups (broad SMARTS) is 1. The summed E-state index contributed by atoms with van der Waals surface area (Å²) in [6.07, 6.45) is 0. The Bertz CT molecular complexity index is 465. The monoisotopic (exact) mass is 258 g/mol. The Morgan fingerprint density at radius 1 is 1.47 bits per heavy atom. The smallest absolute Gasteiger partial charge is 0.307 e. The molecule has 0 saturated carbocycles. The fraction of sp³-hybridized carbons (Fsp3) is 0.500. The number of amides is 1. The van der Waals surface area contributed by atoms with Crippen molar-refractivity contribution in [2.75, 3.05) is 0 Å². The van der Waals surface area contributed by atoms with E-state index in [-0.39, 0.29) is 17.3 Å². The lowest BCUT2D eigenvalue weighted by atomic mass is 9.95. The summed E-state index contributed by atoms with van der Waals surface area (Å²) in [7, 11) is 0. The van der Waals surface area contributed by atoms with E-state index < -0.39 is 17.8 Å². The van der Waals surface area contributed by atoms with E-state index >= 15 is 0 Å². The molecule has 1 aromatic rings. The first-order chi connectivity index (χ1) is 7.91.